The summed E-state index contributed by atoms with van der Waals surface area (Å²) >= 11 is 0. The number of nitriles is 1. The molecule has 0 saturated heterocycles. The first kappa shape index (κ1) is 17.8. The Labute approximate surface area is 155 Å². The van der Waals surface area contributed by atoms with Gasteiger partial charge in [0.25, 0.3) is 0 Å². The highest BCUT2D eigenvalue weighted by Gasteiger charge is 2.32. The van der Waals surface area contributed by atoms with E-state index in [4.69, 9.17) is 0 Å². The van der Waals surface area contributed by atoms with Crippen LogP contribution in [-0.2, 0) is 11.8 Å². The van der Waals surface area contributed by atoms with Gasteiger partial charge in [0.15, 0.2) is 0 Å². The van der Waals surface area contributed by atoms with Gasteiger partial charge in [0, 0.05) is 12.4 Å². The quantitative estimate of drug-likeness (QED) is 0.583. The van der Waals surface area contributed by atoms with Crippen molar-refractivity contribution in [2.45, 2.75) is 38.0 Å². The second-order valence-corrected chi connectivity index (χ2v) is 6.66. The maximum Gasteiger partial charge on any atom is 0.115 e. The molecule has 0 N–H and O–H groups in total. The summed E-state index contributed by atoms with van der Waals surface area (Å²) in [6, 6.07) is 21.4. The highest BCUT2D eigenvalue weighted by Crippen LogP contribution is 2.34. The molecule has 1 aromatic heterocycles. The molecule has 0 bridgehead atoms. The third-order valence-corrected chi connectivity index (χ3v) is 4.84. The standard InChI is InChI=1S/C23H23N3/c1-2-3-13-23(17-24,14-19-15-25-18-26-16-19)22-11-9-21(10-12-22)20-7-5-4-6-8-20/h4-12,15-16,18H,2-3,13-14H2,1H3. The van der Waals surface area contributed by atoms with E-state index < -0.39 is 5.41 Å². The molecule has 0 aliphatic heterocycles. The van der Waals surface area contributed by atoms with Gasteiger partial charge in [-0.15, -0.1) is 0 Å². The van der Waals surface area contributed by atoms with Crippen LogP contribution >= 0.6 is 0 Å². The molecule has 1 unspecified atom stereocenters. The van der Waals surface area contributed by atoms with E-state index >= 15 is 0 Å². The predicted octanol–water partition coefficient (Wildman–Crippen LogP) is 5.34. The number of unbranched alkanes of at least 4 members (excludes halogenated alkanes) is 1. The molecule has 0 aliphatic carbocycles. The monoisotopic (exact) mass is 341 g/mol. The molecular formula is C23H23N3. The summed E-state index contributed by atoms with van der Waals surface area (Å²) in [6.07, 6.45) is 8.69. The van der Waals surface area contributed by atoms with Gasteiger partial charge in [0.05, 0.1) is 11.5 Å². The molecule has 0 amide bonds. The van der Waals surface area contributed by atoms with Crippen molar-refractivity contribution >= 4 is 0 Å². The van der Waals surface area contributed by atoms with Crippen molar-refractivity contribution in [1.82, 2.24) is 9.97 Å². The van der Waals surface area contributed by atoms with Gasteiger partial charge in [-0.2, -0.15) is 5.26 Å². The first-order valence-corrected chi connectivity index (χ1v) is 9.08. The molecule has 1 atom stereocenters. The van der Waals surface area contributed by atoms with Crippen LogP contribution in [0.5, 0.6) is 0 Å². The zero-order valence-electron chi connectivity index (χ0n) is 15.1. The fourth-order valence-electron chi connectivity index (χ4n) is 3.36. The number of aromatic nitrogens is 2. The van der Waals surface area contributed by atoms with Crippen molar-refractivity contribution in [3.05, 3.63) is 84.4 Å². The zero-order valence-corrected chi connectivity index (χ0v) is 15.1. The lowest BCUT2D eigenvalue weighted by atomic mass is 9.73. The maximum atomic E-state index is 10.1. The lowest BCUT2D eigenvalue weighted by Gasteiger charge is -2.27. The molecule has 2 aromatic carbocycles. The zero-order chi connectivity index (χ0) is 18.2. The fourth-order valence-corrected chi connectivity index (χ4v) is 3.36. The highest BCUT2D eigenvalue weighted by atomic mass is 14.8. The molecule has 0 fully saturated rings. The first-order chi connectivity index (χ1) is 12.8. The molecule has 3 heteroatoms. The Hall–Kier alpha value is -2.99. The van der Waals surface area contributed by atoms with Crippen molar-refractivity contribution in [2.24, 2.45) is 0 Å². The molecule has 0 aliphatic rings. The fraction of sp³-hybridized carbons (Fsp3) is 0.261. The number of hydrogen-bond donors (Lipinski definition) is 0. The minimum absolute atomic E-state index is 0.546. The highest BCUT2D eigenvalue weighted by molar-refractivity contribution is 5.64. The van der Waals surface area contributed by atoms with E-state index in [0.717, 1.165) is 30.4 Å². The van der Waals surface area contributed by atoms with Gasteiger partial charge in [-0.25, -0.2) is 9.97 Å². The van der Waals surface area contributed by atoms with Crippen LogP contribution in [0.2, 0.25) is 0 Å². The topological polar surface area (TPSA) is 49.6 Å². The van der Waals surface area contributed by atoms with E-state index in [1.807, 2.05) is 30.6 Å². The van der Waals surface area contributed by atoms with Crippen LogP contribution in [0, 0.1) is 11.3 Å². The van der Waals surface area contributed by atoms with Gasteiger partial charge in [-0.05, 0) is 35.1 Å². The summed E-state index contributed by atoms with van der Waals surface area (Å²) in [5.74, 6) is 0. The third kappa shape index (κ3) is 3.97. The summed E-state index contributed by atoms with van der Waals surface area (Å²) in [5.41, 5.74) is 3.87. The lowest BCUT2D eigenvalue weighted by Crippen LogP contribution is -2.27. The smallest absolute Gasteiger partial charge is 0.115 e. The van der Waals surface area contributed by atoms with E-state index in [1.165, 1.54) is 17.5 Å². The summed E-state index contributed by atoms with van der Waals surface area (Å²) < 4.78 is 0. The number of hydrogen-bond acceptors (Lipinski definition) is 3. The second kappa shape index (κ2) is 8.40. The largest absolute Gasteiger partial charge is 0.245 e. The van der Waals surface area contributed by atoms with Crippen molar-refractivity contribution < 1.29 is 0 Å². The SMILES string of the molecule is CCCCC(C#N)(Cc1cncnc1)c1ccc(-c2ccccc2)cc1. The van der Waals surface area contributed by atoms with Crippen molar-refractivity contribution in [3.8, 4) is 17.2 Å². The molecule has 130 valence electrons. The van der Waals surface area contributed by atoms with E-state index in [-0.39, 0.29) is 0 Å². The van der Waals surface area contributed by atoms with Crippen LogP contribution < -0.4 is 0 Å². The number of nitrogens with zero attached hydrogens (tertiary/aromatic N) is 3. The Morgan fingerprint density at radius 3 is 2.19 bits per heavy atom. The van der Waals surface area contributed by atoms with Crippen LogP contribution in [0.15, 0.2) is 73.3 Å². The van der Waals surface area contributed by atoms with Gasteiger partial charge in [0.2, 0.25) is 0 Å². The van der Waals surface area contributed by atoms with Gasteiger partial charge in [-0.3, -0.25) is 0 Å². The average molecular weight is 341 g/mol. The Kier molecular flexibility index (Phi) is 5.76. The van der Waals surface area contributed by atoms with Crippen LogP contribution in [0.1, 0.15) is 37.3 Å². The van der Waals surface area contributed by atoms with E-state index in [0.29, 0.717) is 6.42 Å². The van der Waals surface area contributed by atoms with Crippen molar-refractivity contribution in [1.29, 1.82) is 5.26 Å². The first-order valence-electron chi connectivity index (χ1n) is 9.08. The number of rotatable bonds is 7. The average Bonchev–Trinajstić information content (AvgIpc) is 2.73. The number of benzene rings is 2. The predicted molar refractivity (Wildman–Crippen MR) is 104 cm³/mol. The molecule has 3 rings (SSSR count). The summed E-state index contributed by atoms with van der Waals surface area (Å²) in [5, 5.41) is 10.1. The normalized spacial score (nSPS) is 12.9. The summed E-state index contributed by atoms with van der Waals surface area (Å²) in [6.45, 7) is 2.16. The molecule has 26 heavy (non-hydrogen) atoms. The Morgan fingerprint density at radius 2 is 1.58 bits per heavy atom. The molecular weight excluding hydrogens is 318 g/mol. The van der Waals surface area contributed by atoms with Gasteiger partial charge in [0.1, 0.15) is 6.33 Å². The Bertz CT molecular complexity index is 851. The van der Waals surface area contributed by atoms with Crippen LogP contribution in [0.4, 0.5) is 0 Å². The Morgan fingerprint density at radius 1 is 0.923 bits per heavy atom. The van der Waals surface area contributed by atoms with Crippen LogP contribution in [0.25, 0.3) is 11.1 Å². The van der Waals surface area contributed by atoms with Crippen molar-refractivity contribution in [3.63, 3.8) is 0 Å². The maximum absolute atomic E-state index is 10.1. The van der Waals surface area contributed by atoms with E-state index in [2.05, 4.69) is 59.4 Å². The lowest BCUT2D eigenvalue weighted by molar-refractivity contribution is 0.475. The van der Waals surface area contributed by atoms with Gasteiger partial charge >= 0.3 is 0 Å². The molecule has 0 saturated carbocycles. The second-order valence-electron chi connectivity index (χ2n) is 6.66. The molecule has 3 nitrogen and oxygen atoms in total. The summed E-state index contributed by atoms with van der Waals surface area (Å²) in [4.78, 5) is 8.22. The Balaban J connectivity index is 1.94. The van der Waals surface area contributed by atoms with E-state index in [9.17, 15) is 5.26 Å². The molecule has 3 aromatic rings. The van der Waals surface area contributed by atoms with Crippen molar-refractivity contribution in [2.75, 3.05) is 0 Å². The van der Waals surface area contributed by atoms with E-state index in [1.54, 1.807) is 0 Å². The summed E-state index contributed by atoms with van der Waals surface area (Å²) in [7, 11) is 0. The third-order valence-electron chi connectivity index (χ3n) is 4.84. The van der Waals surface area contributed by atoms with Gasteiger partial charge in [-0.1, -0.05) is 74.4 Å². The minimum Gasteiger partial charge on any atom is -0.245 e. The molecule has 0 spiro atoms. The van der Waals surface area contributed by atoms with Crippen LogP contribution in [0.3, 0.4) is 0 Å². The van der Waals surface area contributed by atoms with Crippen LogP contribution in [-0.4, -0.2) is 9.97 Å². The van der Waals surface area contributed by atoms with Gasteiger partial charge < -0.3 is 0 Å². The molecule has 1 heterocycles. The molecule has 0 radical (unpaired) electrons. The minimum atomic E-state index is -0.546.